The Hall–Kier alpha value is -4.31. The fourth-order valence-corrected chi connectivity index (χ4v) is 4.68. The first-order valence-corrected chi connectivity index (χ1v) is 11.6. The number of rotatable bonds is 4. The molecule has 2 aromatic heterocycles. The van der Waals surface area contributed by atoms with Gasteiger partial charge in [0.2, 0.25) is 10.0 Å². The first-order valence-electron chi connectivity index (χ1n) is 10.1. The highest BCUT2D eigenvalue weighted by Gasteiger charge is 2.38. The molecule has 1 aromatic carbocycles. The highest BCUT2D eigenvalue weighted by Crippen LogP contribution is 2.31. The molecule has 0 atom stereocenters. The van der Waals surface area contributed by atoms with E-state index >= 15 is 0 Å². The second-order valence-corrected chi connectivity index (χ2v) is 9.11. The Labute approximate surface area is 207 Å². The van der Waals surface area contributed by atoms with Crippen LogP contribution in [0.15, 0.2) is 59.9 Å². The lowest BCUT2D eigenvalue weighted by atomic mass is 10.2. The minimum Gasteiger partial charge on any atom is -0.475 e. The number of hydrogen-bond donors (Lipinski definition) is 2. The minimum absolute atomic E-state index is 0.00161. The smallest absolute Gasteiger partial charge is 0.475 e. The van der Waals surface area contributed by atoms with Gasteiger partial charge < -0.3 is 15.2 Å². The molecule has 0 fully saturated rings. The number of benzene rings is 1. The lowest BCUT2D eigenvalue weighted by molar-refractivity contribution is -0.192. The molecule has 0 aliphatic carbocycles. The second kappa shape index (κ2) is 10.8. The first kappa shape index (κ1) is 27.3. The fourth-order valence-electron chi connectivity index (χ4n) is 3.15. The number of methoxy groups -OCH3 is 1. The van der Waals surface area contributed by atoms with Crippen molar-refractivity contribution in [1.29, 1.82) is 0 Å². The Kier molecular flexibility index (Phi) is 7.93. The number of carbonyl (C=O) groups is 3. The number of carboxylic acids is 1. The number of nitrogens with zero attached hydrogens (tertiary/aromatic N) is 4. The van der Waals surface area contributed by atoms with Gasteiger partial charge in [-0.1, -0.05) is 18.2 Å². The quantitative estimate of drug-likeness (QED) is 0.470. The molecule has 0 unspecified atom stereocenters. The highest BCUT2D eigenvalue weighted by molar-refractivity contribution is 7.89. The summed E-state index contributed by atoms with van der Waals surface area (Å²) in [6.07, 6.45) is -2.16. The van der Waals surface area contributed by atoms with E-state index in [1.807, 2.05) is 0 Å². The number of imidazole rings is 1. The zero-order valence-corrected chi connectivity index (χ0v) is 19.7. The molecule has 4 rings (SSSR count). The van der Waals surface area contributed by atoms with Gasteiger partial charge in [-0.3, -0.25) is 14.2 Å². The summed E-state index contributed by atoms with van der Waals surface area (Å²) < 4.78 is 65.3. The monoisotopic (exact) mass is 541 g/mol. The molecule has 2 N–H and O–H groups in total. The highest BCUT2D eigenvalue weighted by atomic mass is 32.2. The number of esters is 1. The Morgan fingerprint density at radius 1 is 1.11 bits per heavy atom. The standard InChI is InChI=1S/C19H17N5O5S.C2HF3O2/c1-29-17(25)11-23-10-14-18(19(26)22-16-8-4-5-9-20-16)21-12-24(14)13-6-2-3-7-15(13)30(23,27)28;3-2(4,5)1(6)7/h2-9,12H,10-11H2,1H3,(H,20,22,26);(H,6,7). The van der Waals surface area contributed by atoms with Gasteiger partial charge in [-0.2, -0.15) is 17.5 Å². The van der Waals surface area contributed by atoms with E-state index in [2.05, 4.69) is 20.0 Å². The van der Waals surface area contributed by atoms with E-state index in [0.29, 0.717) is 17.2 Å². The van der Waals surface area contributed by atoms with Crippen molar-refractivity contribution in [2.45, 2.75) is 17.6 Å². The van der Waals surface area contributed by atoms with Crippen molar-refractivity contribution in [2.24, 2.45) is 0 Å². The molecule has 0 saturated carbocycles. The minimum atomic E-state index is -5.08. The lowest BCUT2D eigenvalue weighted by Crippen LogP contribution is -2.35. The van der Waals surface area contributed by atoms with Crippen LogP contribution in [0.4, 0.5) is 19.0 Å². The van der Waals surface area contributed by atoms with Gasteiger partial charge in [-0.15, -0.1) is 0 Å². The lowest BCUT2D eigenvalue weighted by Gasteiger charge is -2.19. The molecular weight excluding hydrogens is 523 g/mol. The molecule has 0 bridgehead atoms. The third-order valence-corrected chi connectivity index (χ3v) is 6.67. The molecule has 37 heavy (non-hydrogen) atoms. The predicted octanol–water partition coefficient (Wildman–Crippen LogP) is 1.83. The van der Waals surface area contributed by atoms with Crippen molar-refractivity contribution >= 4 is 33.7 Å². The van der Waals surface area contributed by atoms with Gasteiger partial charge in [0.05, 0.1) is 25.0 Å². The number of para-hydroxylation sites is 1. The van der Waals surface area contributed by atoms with E-state index in [9.17, 15) is 31.2 Å². The molecular formula is C21H18F3N5O7S. The number of aromatic nitrogens is 3. The molecule has 16 heteroatoms. The number of amides is 1. The van der Waals surface area contributed by atoms with Crippen LogP contribution < -0.4 is 5.32 Å². The third kappa shape index (κ3) is 6.10. The van der Waals surface area contributed by atoms with Crippen molar-refractivity contribution in [2.75, 3.05) is 19.0 Å². The third-order valence-electron chi connectivity index (χ3n) is 4.83. The number of anilines is 1. The fraction of sp³-hybridized carbons (Fsp3) is 0.190. The molecule has 3 heterocycles. The zero-order chi connectivity index (χ0) is 27.4. The van der Waals surface area contributed by atoms with Gasteiger partial charge in [0, 0.05) is 6.20 Å². The van der Waals surface area contributed by atoms with Gasteiger partial charge in [0.15, 0.2) is 5.69 Å². The summed E-state index contributed by atoms with van der Waals surface area (Å²) in [6.45, 7) is -0.739. The van der Waals surface area contributed by atoms with E-state index in [4.69, 9.17) is 9.90 Å². The number of pyridine rings is 1. The van der Waals surface area contributed by atoms with E-state index in [1.54, 1.807) is 36.4 Å². The summed E-state index contributed by atoms with van der Waals surface area (Å²) in [5, 5.41) is 9.77. The van der Waals surface area contributed by atoms with Crippen LogP contribution in [0.2, 0.25) is 0 Å². The van der Waals surface area contributed by atoms with Crippen LogP contribution in [0.3, 0.4) is 0 Å². The largest absolute Gasteiger partial charge is 0.490 e. The maximum atomic E-state index is 13.2. The van der Waals surface area contributed by atoms with Crippen molar-refractivity contribution < 1.29 is 45.8 Å². The van der Waals surface area contributed by atoms with E-state index < -0.39 is 40.6 Å². The number of ether oxygens (including phenoxy) is 1. The second-order valence-electron chi connectivity index (χ2n) is 7.20. The van der Waals surface area contributed by atoms with E-state index in [1.165, 1.54) is 30.3 Å². The summed E-state index contributed by atoms with van der Waals surface area (Å²) in [7, 11) is -2.85. The number of nitrogens with one attached hydrogen (secondary N) is 1. The molecule has 1 amide bonds. The maximum absolute atomic E-state index is 13.2. The average molecular weight is 541 g/mol. The number of carbonyl (C=O) groups excluding carboxylic acids is 2. The number of fused-ring (bicyclic) bond motifs is 3. The van der Waals surface area contributed by atoms with Crippen LogP contribution >= 0.6 is 0 Å². The predicted molar refractivity (Wildman–Crippen MR) is 119 cm³/mol. The normalized spacial score (nSPS) is 14.2. The molecule has 1 aliphatic heterocycles. The van der Waals surface area contributed by atoms with Crippen LogP contribution in [0.25, 0.3) is 5.69 Å². The van der Waals surface area contributed by atoms with Gasteiger partial charge in [0.1, 0.15) is 23.6 Å². The van der Waals surface area contributed by atoms with Crippen LogP contribution in [-0.4, -0.2) is 70.0 Å². The van der Waals surface area contributed by atoms with Gasteiger partial charge in [-0.05, 0) is 24.3 Å². The molecule has 0 spiro atoms. The van der Waals surface area contributed by atoms with Crippen molar-refractivity contribution in [3.8, 4) is 5.69 Å². The Balaban J connectivity index is 0.000000479. The number of hydrogen-bond acceptors (Lipinski definition) is 8. The number of carboxylic acid groups (broad SMARTS) is 1. The van der Waals surface area contributed by atoms with E-state index in [-0.39, 0.29) is 17.1 Å². The summed E-state index contributed by atoms with van der Waals surface area (Å²) >= 11 is 0. The average Bonchev–Trinajstić information content (AvgIpc) is 3.24. The molecule has 12 nitrogen and oxygen atoms in total. The summed E-state index contributed by atoms with van der Waals surface area (Å²) in [5.74, 6) is -3.69. The van der Waals surface area contributed by atoms with Crippen LogP contribution in [0.1, 0.15) is 16.2 Å². The number of halogens is 3. The zero-order valence-electron chi connectivity index (χ0n) is 18.8. The van der Waals surface area contributed by atoms with Gasteiger partial charge in [0.25, 0.3) is 5.91 Å². The van der Waals surface area contributed by atoms with Gasteiger partial charge >= 0.3 is 18.1 Å². The number of sulfonamides is 1. The topological polar surface area (TPSA) is 161 Å². The van der Waals surface area contributed by atoms with Crippen LogP contribution in [-0.2, 0) is 30.9 Å². The Bertz CT molecular complexity index is 1430. The van der Waals surface area contributed by atoms with Crippen molar-refractivity contribution in [1.82, 2.24) is 18.8 Å². The molecule has 196 valence electrons. The summed E-state index contributed by atoms with van der Waals surface area (Å²) in [4.78, 5) is 41.8. The van der Waals surface area contributed by atoms with Gasteiger partial charge in [-0.25, -0.2) is 23.2 Å². The Morgan fingerprint density at radius 3 is 2.35 bits per heavy atom. The van der Waals surface area contributed by atoms with Crippen LogP contribution in [0, 0.1) is 0 Å². The Morgan fingerprint density at radius 2 is 1.76 bits per heavy atom. The number of aliphatic carboxylic acids is 1. The molecule has 0 radical (unpaired) electrons. The SMILES string of the molecule is COC(=O)CN1Cc2c(C(=O)Nc3ccccn3)ncn2-c2ccccc2S1(=O)=O.O=C(O)C(F)(F)F. The molecule has 3 aromatic rings. The molecule has 0 saturated heterocycles. The van der Waals surface area contributed by atoms with E-state index in [0.717, 1.165) is 4.31 Å². The summed E-state index contributed by atoms with van der Waals surface area (Å²) in [6, 6.07) is 11.4. The number of alkyl halides is 3. The van der Waals surface area contributed by atoms with Crippen LogP contribution in [0.5, 0.6) is 0 Å². The first-order chi connectivity index (χ1) is 17.4. The summed E-state index contributed by atoms with van der Waals surface area (Å²) in [5.41, 5.74) is 0.688. The van der Waals surface area contributed by atoms with Crippen molar-refractivity contribution in [3.63, 3.8) is 0 Å². The van der Waals surface area contributed by atoms with Crippen molar-refractivity contribution in [3.05, 3.63) is 66.4 Å². The molecule has 1 aliphatic rings. The maximum Gasteiger partial charge on any atom is 0.490 e.